The summed E-state index contributed by atoms with van der Waals surface area (Å²) in [6.07, 6.45) is 0. The van der Waals surface area contributed by atoms with Crippen LogP contribution in [0.1, 0.15) is 42.2 Å². The molecule has 3 aromatic carbocycles. The molecule has 0 saturated heterocycles. The van der Waals surface area contributed by atoms with Crippen molar-refractivity contribution in [3.8, 4) is 11.1 Å². The van der Waals surface area contributed by atoms with Gasteiger partial charge >= 0.3 is 5.97 Å². The van der Waals surface area contributed by atoms with Gasteiger partial charge in [-0.25, -0.2) is 4.79 Å². The zero-order valence-electron chi connectivity index (χ0n) is 14.9. The molecule has 0 radical (unpaired) electrons. The fraction of sp³-hybridized carbons (Fsp3) is 0.0952. The number of hydrogen-bond acceptors (Lipinski definition) is 3. The zero-order chi connectivity index (χ0) is 19.9. The Morgan fingerprint density at radius 1 is 0.815 bits per heavy atom. The second kappa shape index (κ2) is 6.57. The van der Waals surface area contributed by atoms with Gasteiger partial charge in [-0.3, -0.25) is 9.59 Å². The van der Waals surface area contributed by atoms with Crippen LogP contribution in [0.5, 0.6) is 0 Å². The molecule has 2 amide bonds. The van der Waals surface area contributed by atoms with Gasteiger partial charge in [0, 0.05) is 5.56 Å². The Bertz CT molecular complexity index is 1110. The Kier molecular flexibility index (Phi) is 4.41. The van der Waals surface area contributed by atoms with Gasteiger partial charge in [0.15, 0.2) is 0 Å². The largest absolute Gasteiger partial charge is 0.478 e. The van der Waals surface area contributed by atoms with Crippen LogP contribution < -0.4 is 11.5 Å². The van der Waals surface area contributed by atoms with Crippen LogP contribution in [0.4, 0.5) is 0 Å². The van der Waals surface area contributed by atoms with Crippen molar-refractivity contribution in [2.75, 3.05) is 0 Å². The summed E-state index contributed by atoms with van der Waals surface area (Å²) in [6.45, 7) is 3.36. The third-order valence-corrected chi connectivity index (χ3v) is 4.61. The molecular formula is C21H18N2O4. The second-order valence-corrected chi connectivity index (χ2v) is 6.41. The minimum Gasteiger partial charge on any atom is -0.478 e. The lowest BCUT2D eigenvalue weighted by atomic mass is 9.88. The lowest BCUT2D eigenvalue weighted by Crippen LogP contribution is -2.17. The Morgan fingerprint density at radius 2 is 1.37 bits per heavy atom. The van der Waals surface area contributed by atoms with Crippen LogP contribution in [-0.4, -0.2) is 22.9 Å². The molecule has 0 aliphatic rings. The van der Waals surface area contributed by atoms with Gasteiger partial charge in [-0.05, 0) is 52.9 Å². The normalized spacial score (nSPS) is 10.7. The Morgan fingerprint density at radius 3 is 1.85 bits per heavy atom. The molecule has 0 aliphatic carbocycles. The Hall–Kier alpha value is -3.67. The highest BCUT2D eigenvalue weighted by atomic mass is 16.4. The Balaban J connectivity index is 2.45. The van der Waals surface area contributed by atoms with Gasteiger partial charge in [-0.2, -0.15) is 0 Å². The second-order valence-electron chi connectivity index (χ2n) is 6.41. The Labute approximate surface area is 155 Å². The molecule has 136 valence electrons. The van der Waals surface area contributed by atoms with E-state index in [0.717, 1.165) is 0 Å². The first-order valence-electron chi connectivity index (χ1n) is 8.22. The maximum atomic E-state index is 12.2. The molecule has 0 atom stereocenters. The minimum absolute atomic E-state index is 0.204. The number of nitrogens with two attached hydrogens (primary N) is 2. The summed E-state index contributed by atoms with van der Waals surface area (Å²) in [5.41, 5.74) is 14.0. The van der Waals surface area contributed by atoms with E-state index >= 15 is 0 Å². The number of aryl methyl sites for hydroxylation is 2. The van der Waals surface area contributed by atoms with Crippen molar-refractivity contribution < 1.29 is 19.5 Å². The van der Waals surface area contributed by atoms with Crippen molar-refractivity contribution in [2.45, 2.75) is 13.8 Å². The monoisotopic (exact) mass is 362 g/mol. The number of benzene rings is 3. The molecule has 5 N–H and O–H groups in total. The predicted octanol–water partition coefficient (Wildman–Crippen LogP) is 3.02. The van der Waals surface area contributed by atoms with Crippen molar-refractivity contribution in [3.63, 3.8) is 0 Å². The molecule has 3 rings (SSSR count). The quantitative estimate of drug-likeness (QED) is 0.660. The summed E-state index contributed by atoms with van der Waals surface area (Å²) < 4.78 is 0. The highest BCUT2D eigenvalue weighted by molar-refractivity contribution is 6.17. The molecule has 0 saturated carbocycles. The molecule has 0 unspecified atom stereocenters. The summed E-state index contributed by atoms with van der Waals surface area (Å²) in [4.78, 5) is 35.7. The third kappa shape index (κ3) is 3.01. The van der Waals surface area contributed by atoms with Crippen molar-refractivity contribution >= 4 is 28.6 Å². The molecule has 0 bridgehead atoms. The first-order valence-corrected chi connectivity index (χ1v) is 8.22. The van der Waals surface area contributed by atoms with Crippen LogP contribution in [0.25, 0.3) is 21.9 Å². The summed E-state index contributed by atoms with van der Waals surface area (Å²) in [6, 6.07) is 11.8. The maximum Gasteiger partial charge on any atom is 0.336 e. The number of carbonyl (C=O) groups excluding carboxylic acids is 2. The van der Waals surface area contributed by atoms with Gasteiger partial charge in [0.25, 0.3) is 0 Å². The first kappa shape index (κ1) is 18.1. The summed E-state index contributed by atoms with van der Waals surface area (Å²) in [5.74, 6) is -2.29. The fourth-order valence-corrected chi connectivity index (χ4v) is 3.53. The number of amides is 2. The standard InChI is InChI=1S/C21H18N2O4/c1-10-7-12(8-11(2)17(10)21(26)27)15-9-16(19(22)24)13-5-3-4-6-14(13)18(15)20(23)25/h3-9H,1-2H3,(H2,22,24)(H2,23,25)(H,26,27). The average Bonchev–Trinajstić information content (AvgIpc) is 2.58. The van der Waals surface area contributed by atoms with Crippen LogP contribution in [0, 0.1) is 13.8 Å². The topological polar surface area (TPSA) is 123 Å². The van der Waals surface area contributed by atoms with Crippen molar-refractivity contribution in [2.24, 2.45) is 11.5 Å². The van der Waals surface area contributed by atoms with Gasteiger partial charge in [-0.1, -0.05) is 36.4 Å². The lowest BCUT2D eigenvalue weighted by molar-refractivity contribution is 0.0694. The highest BCUT2D eigenvalue weighted by Gasteiger charge is 2.21. The van der Waals surface area contributed by atoms with Crippen LogP contribution in [0.3, 0.4) is 0 Å². The van der Waals surface area contributed by atoms with Gasteiger partial charge in [0.2, 0.25) is 11.8 Å². The maximum absolute atomic E-state index is 12.2. The number of carbonyl (C=O) groups is 3. The van der Waals surface area contributed by atoms with Crippen LogP contribution in [-0.2, 0) is 0 Å². The minimum atomic E-state index is -1.02. The van der Waals surface area contributed by atoms with E-state index in [4.69, 9.17) is 11.5 Å². The number of rotatable bonds is 4. The third-order valence-electron chi connectivity index (χ3n) is 4.61. The highest BCUT2D eigenvalue weighted by Crippen LogP contribution is 2.34. The van der Waals surface area contributed by atoms with E-state index in [2.05, 4.69) is 0 Å². The molecule has 0 aromatic heterocycles. The van der Waals surface area contributed by atoms with Gasteiger partial charge in [0.1, 0.15) is 0 Å². The molecule has 0 fully saturated rings. The fourth-order valence-electron chi connectivity index (χ4n) is 3.53. The molecule has 0 aliphatic heterocycles. The van der Waals surface area contributed by atoms with Gasteiger partial charge in [-0.15, -0.1) is 0 Å². The molecule has 0 heterocycles. The van der Waals surface area contributed by atoms with E-state index in [-0.39, 0.29) is 16.7 Å². The number of carboxylic acid groups (broad SMARTS) is 1. The lowest BCUT2D eigenvalue weighted by Gasteiger charge is -2.16. The van der Waals surface area contributed by atoms with E-state index in [1.165, 1.54) is 0 Å². The van der Waals surface area contributed by atoms with Crippen LogP contribution in [0.2, 0.25) is 0 Å². The smallest absolute Gasteiger partial charge is 0.336 e. The van der Waals surface area contributed by atoms with E-state index < -0.39 is 17.8 Å². The number of fused-ring (bicyclic) bond motifs is 1. The van der Waals surface area contributed by atoms with E-state index in [9.17, 15) is 19.5 Å². The summed E-state index contributed by atoms with van der Waals surface area (Å²) >= 11 is 0. The summed E-state index contributed by atoms with van der Waals surface area (Å²) in [7, 11) is 0. The molecular weight excluding hydrogens is 344 g/mol. The predicted molar refractivity (Wildman–Crippen MR) is 103 cm³/mol. The molecule has 27 heavy (non-hydrogen) atoms. The first-order chi connectivity index (χ1) is 12.7. The number of hydrogen-bond donors (Lipinski definition) is 3. The van der Waals surface area contributed by atoms with Crippen LogP contribution in [0.15, 0.2) is 42.5 Å². The van der Waals surface area contributed by atoms with Crippen molar-refractivity contribution in [3.05, 3.63) is 70.3 Å². The summed E-state index contributed by atoms with van der Waals surface area (Å²) in [5, 5.41) is 10.4. The molecule has 6 nitrogen and oxygen atoms in total. The number of carboxylic acids is 1. The molecule has 6 heteroatoms. The van der Waals surface area contributed by atoms with Crippen molar-refractivity contribution in [1.29, 1.82) is 0 Å². The SMILES string of the molecule is Cc1cc(-c2cc(C(N)=O)c3ccccc3c2C(N)=O)cc(C)c1C(=O)O. The average molecular weight is 362 g/mol. The van der Waals surface area contributed by atoms with Gasteiger partial charge in [0.05, 0.1) is 11.1 Å². The van der Waals surface area contributed by atoms with Gasteiger partial charge < -0.3 is 16.6 Å². The van der Waals surface area contributed by atoms with E-state index in [1.807, 2.05) is 0 Å². The van der Waals surface area contributed by atoms with E-state index in [1.54, 1.807) is 56.3 Å². The molecule has 3 aromatic rings. The van der Waals surface area contributed by atoms with Crippen LogP contribution >= 0.6 is 0 Å². The zero-order valence-corrected chi connectivity index (χ0v) is 14.9. The van der Waals surface area contributed by atoms with E-state index in [0.29, 0.717) is 33.0 Å². The number of primary amides is 2. The molecule has 0 spiro atoms. The number of aromatic carboxylic acids is 1. The van der Waals surface area contributed by atoms with Crippen molar-refractivity contribution in [1.82, 2.24) is 0 Å².